The number of aliphatic imine (C=N–C) groups is 1. The summed E-state index contributed by atoms with van der Waals surface area (Å²) in [6.45, 7) is 2.88. The van der Waals surface area contributed by atoms with Gasteiger partial charge < -0.3 is 10.1 Å². The molecule has 0 bridgehead atoms. The van der Waals surface area contributed by atoms with Crippen molar-refractivity contribution >= 4 is 39.8 Å². The van der Waals surface area contributed by atoms with Gasteiger partial charge in [0.1, 0.15) is 0 Å². The van der Waals surface area contributed by atoms with Crippen LogP contribution in [0.4, 0.5) is 0 Å². The number of halogens is 2. The normalized spacial score (nSPS) is 13.7. The maximum Gasteiger partial charge on any atom is 0.0625 e. The molecule has 2 aromatic rings. The molecule has 1 aromatic carbocycles. The van der Waals surface area contributed by atoms with E-state index in [4.69, 9.17) is 28.3 Å². The molecular formula is C17H20Cl2N2O. The van der Waals surface area contributed by atoms with Crippen molar-refractivity contribution in [2.75, 3.05) is 13.7 Å². The Bertz CT molecular complexity index is 717. The zero-order chi connectivity index (χ0) is 16.1. The first kappa shape index (κ1) is 17.1. The van der Waals surface area contributed by atoms with Gasteiger partial charge >= 0.3 is 0 Å². The quantitative estimate of drug-likeness (QED) is 0.792. The predicted molar refractivity (Wildman–Crippen MR) is 95.4 cm³/mol. The number of benzene rings is 1. The summed E-state index contributed by atoms with van der Waals surface area (Å²) in [6, 6.07) is 6.20. The van der Waals surface area contributed by atoms with E-state index in [1.165, 1.54) is 11.1 Å². The summed E-state index contributed by atoms with van der Waals surface area (Å²) in [6.07, 6.45) is 4.13. The van der Waals surface area contributed by atoms with Crippen molar-refractivity contribution in [3.8, 4) is 0 Å². The van der Waals surface area contributed by atoms with Gasteiger partial charge in [0.15, 0.2) is 0 Å². The Morgan fingerprint density at radius 3 is 2.64 bits per heavy atom. The molecule has 5 heteroatoms. The van der Waals surface area contributed by atoms with Gasteiger partial charge in [-0.25, -0.2) is 0 Å². The topological polar surface area (TPSA) is 48.4 Å². The number of hydrogen-bond donors (Lipinski definition) is 2. The molecule has 118 valence electrons. The van der Waals surface area contributed by atoms with Gasteiger partial charge in [0, 0.05) is 34.4 Å². The highest BCUT2D eigenvalue weighted by molar-refractivity contribution is 6.32. The number of rotatable bonds is 4. The molecule has 22 heavy (non-hydrogen) atoms. The van der Waals surface area contributed by atoms with Gasteiger partial charge in [0.05, 0.1) is 12.4 Å². The average Bonchev–Trinajstić information content (AvgIpc) is 3.12. The van der Waals surface area contributed by atoms with Crippen LogP contribution in [-0.4, -0.2) is 29.5 Å². The Labute approximate surface area is 140 Å². The van der Waals surface area contributed by atoms with Gasteiger partial charge in [-0.3, -0.25) is 4.99 Å². The average molecular weight is 339 g/mol. The SMILES string of the molecule is CC1=NCC(CCc2cc3[nH]c(CCl)cc3cc2Cl)=C1.CO. The number of nitrogens with one attached hydrogen (secondary N) is 1. The number of aromatic amines is 1. The lowest BCUT2D eigenvalue weighted by Crippen LogP contribution is -1.92. The highest BCUT2D eigenvalue weighted by Crippen LogP contribution is 2.27. The molecule has 3 rings (SSSR count). The Balaban J connectivity index is 0.000000847. The summed E-state index contributed by atoms with van der Waals surface area (Å²) >= 11 is 12.2. The van der Waals surface area contributed by atoms with Crippen LogP contribution in [0.15, 0.2) is 34.8 Å². The van der Waals surface area contributed by atoms with E-state index < -0.39 is 0 Å². The second-order valence-corrected chi connectivity index (χ2v) is 5.89. The summed E-state index contributed by atoms with van der Waals surface area (Å²) in [5.74, 6) is 0.491. The van der Waals surface area contributed by atoms with Crippen LogP contribution in [0.5, 0.6) is 0 Å². The number of allylic oxidation sites excluding steroid dienone is 1. The number of aliphatic hydroxyl groups is 1. The molecule has 0 fully saturated rings. The van der Waals surface area contributed by atoms with Gasteiger partial charge in [-0.05, 0) is 55.2 Å². The van der Waals surface area contributed by atoms with Crippen molar-refractivity contribution in [1.82, 2.24) is 4.98 Å². The van der Waals surface area contributed by atoms with Gasteiger partial charge in [-0.1, -0.05) is 11.6 Å². The van der Waals surface area contributed by atoms with Crippen molar-refractivity contribution in [2.45, 2.75) is 25.6 Å². The zero-order valence-electron chi connectivity index (χ0n) is 12.8. The Hall–Kier alpha value is -1.29. The highest BCUT2D eigenvalue weighted by atomic mass is 35.5. The minimum Gasteiger partial charge on any atom is -0.400 e. The summed E-state index contributed by atoms with van der Waals surface area (Å²) in [7, 11) is 1.00. The fourth-order valence-electron chi connectivity index (χ4n) is 2.58. The molecule has 0 amide bonds. The number of aliphatic hydroxyl groups excluding tert-OH is 1. The van der Waals surface area contributed by atoms with E-state index >= 15 is 0 Å². The minimum absolute atomic E-state index is 0.491. The van der Waals surface area contributed by atoms with Crippen LogP contribution in [-0.2, 0) is 12.3 Å². The first-order valence-electron chi connectivity index (χ1n) is 7.17. The lowest BCUT2D eigenvalue weighted by Gasteiger charge is -2.05. The number of H-pyrrole nitrogens is 1. The molecule has 1 aliphatic rings. The summed E-state index contributed by atoms with van der Waals surface area (Å²) in [5.41, 5.74) is 5.81. The van der Waals surface area contributed by atoms with E-state index in [1.54, 1.807) is 0 Å². The molecule has 0 saturated carbocycles. The fraction of sp³-hybridized carbons (Fsp3) is 0.353. The Kier molecular flexibility index (Phi) is 6.07. The first-order chi connectivity index (χ1) is 10.7. The van der Waals surface area contributed by atoms with Crippen LogP contribution < -0.4 is 0 Å². The number of aryl methyl sites for hydroxylation is 1. The van der Waals surface area contributed by atoms with Crippen LogP contribution in [0, 0.1) is 0 Å². The van der Waals surface area contributed by atoms with E-state index in [9.17, 15) is 0 Å². The van der Waals surface area contributed by atoms with E-state index in [0.717, 1.165) is 53.8 Å². The summed E-state index contributed by atoms with van der Waals surface area (Å²) < 4.78 is 0. The van der Waals surface area contributed by atoms with Crippen LogP contribution in [0.3, 0.4) is 0 Å². The minimum atomic E-state index is 0.491. The lowest BCUT2D eigenvalue weighted by molar-refractivity contribution is 0.399. The van der Waals surface area contributed by atoms with E-state index in [-0.39, 0.29) is 0 Å². The number of fused-ring (bicyclic) bond motifs is 1. The van der Waals surface area contributed by atoms with Crippen molar-refractivity contribution < 1.29 is 5.11 Å². The molecule has 0 radical (unpaired) electrons. The van der Waals surface area contributed by atoms with Gasteiger partial charge in [0.25, 0.3) is 0 Å². The third kappa shape index (κ3) is 3.92. The molecule has 2 heterocycles. The lowest BCUT2D eigenvalue weighted by atomic mass is 10.0. The maximum atomic E-state index is 7.00. The Morgan fingerprint density at radius 2 is 2.00 bits per heavy atom. The smallest absolute Gasteiger partial charge is 0.0625 e. The van der Waals surface area contributed by atoms with Crippen molar-refractivity contribution in [1.29, 1.82) is 0 Å². The monoisotopic (exact) mass is 338 g/mol. The fourth-order valence-corrected chi connectivity index (χ4v) is 2.99. The van der Waals surface area contributed by atoms with Crippen molar-refractivity contribution in [3.63, 3.8) is 0 Å². The summed E-state index contributed by atoms with van der Waals surface area (Å²) in [4.78, 5) is 7.71. The predicted octanol–water partition coefficient (Wildman–Crippen LogP) is 4.50. The largest absolute Gasteiger partial charge is 0.400 e. The second kappa shape index (κ2) is 7.82. The van der Waals surface area contributed by atoms with Gasteiger partial charge in [-0.2, -0.15) is 0 Å². The zero-order valence-corrected chi connectivity index (χ0v) is 14.3. The third-order valence-corrected chi connectivity index (χ3v) is 4.29. The van der Waals surface area contributed by atoms with E-state index in [2.05, 4.69) is 28.2 Å². The molecule has 2 N–H and O–H groups in total. The van der Waals surface area contributed by atoms with Crippen LogP contribution in [0.1, 0.15) is 24.6 Å². The number of alkyl halides is 1. The van der Waals surface area contributed by atoms with Crippen LogP contribution in [0.25, 0.3) is 10.9 Å². The first-order valence-corrected chi connectivity index (χ1v) is 8.08. The molecule has 1 aromatic heterocycles. The molecule has 0 atom stereocenters. The molecule has 0 aliphatic carbocycles. The van der Waals surface area contributed by atoms with E-state index in [1.807, 2.05) is 13.0 Å². The van der Waals surface area contributed by atoms with E-state index in [0.29, 0.717) is 5.88 Å². The van der Waals surface area contributed by atoms with Gasteiger partial charge in [-0.15, -0.1) is 11.6 Å². The molecule has 3 nitrogen and oxygen atoms in total. The molecule has 0 spiro atoms. The molecule has 0 saturated heterocycles. The number of aromatic nitrogens is 1. The van der Waals surface area contributed by atoms with Crippen LogP contribution >= 0.6 is 23.2 Å². The molecule has 0 unspecified atom stereocenters. The van der Waals surface area contributed by atoms with Gasteiger partial charge in [0.2, 0.25) is 0 Å². The van der Waals surface area contributed by atoms with Crippen molar-refractivity contribution in [3.05, 3.63) is 46.1 Å². The number of hydrogen-bond acceptors (Lipinski definition) is 2. The highest BCUT2D eigenvalue weighted by Gasteiger charge is 2.09. The number of nitrogens with zero attached hydrogens (tertiary/aromatic N) is 1. The molecular weight excluding hydrogens is 319 g/mol. The van der Waals surface area contributed by atoms with Crippen LogP contribution in [0.2, 0.25) is 5.02 Å². The Morgan fingerprint density at radius 1 is 1.23 bits per heavy atom. The van der Waals surface area contributed by atoms with Crippen molar-refractivity contribution in [2.24, 2.45) is 4.99 Å². The second-order valence-electron chi connectivity index (χ2n) is 5.22. The molecule has 1 aliphatic heterocycles. The third-order valence-electron chi connectivity index (χ3n) is 3.65. The maximum absolute atomic E-state index is 7.00. The standard InChI is InChI=1S/C16H16Cl2N2.CH4O/c1-10-4-11(9-19-10)2-3-12-7-16-13(6-15(12)18)5-14(8-17)20-16;1-2/h4-7,20H,2-3,8-9H2,1H3;2H,1H3. The summed E-state index contributed by atoms with van der Waals surface area (Å²) in [5, 5.41) is 8.95.